The molecule has 6 aromatic rings. The molecular formula is C27H22BKN6. The van der Waals surface area contributed by atoms with Crippen molar-refractivity contribution in [3.8, 4) is 33.8 Å². The standard InChI is InChI=1S/C27H21BN6.K.H/c1-4-10-22(11-5-1)25-16-19-32(29-25)28(33-20-17-26(30-33)23-12-6-2-7-13-23)34-21-18-27(31-34)24-14-8-3-9-15-24;;/h1-21H;;. The Hall–Kier alpha value is -3.01. The molecule has 0 amide bonds. The van der Waals surface area contributed by atoms with Gasteiger partial charge in [0.1, 0.15) is 0 Å². The second kappa shape index (κ2) is 10.7. The first kappa shape index (κ1) is 23.7. The van der Waals surface area contributed by atoms with Crippen LogP contribution in [-0.4, -0.2) is 87.6 Å². The number of benzene rings is 3. The fourth-order valence-electron chi connectivity index (χ4n) is 4.05. The Kier molecular flexibility index (Phi) is 7.27. The maximum Gasteiger partial charge on any atom is 0.568 e. The zero-order valence-corrected chi connectivity index (χ0v) is 18.4. The second-order valence-corrected chi connectivity index (χ2v) is 7.99. The number of hydrogen-bond donors (Lipinski definition) is 0. The molecule has 3 aromatic carbocycles. The number of rotatable bonds is 6. The van der Waals surface area contributed by atoms with Crippen LogP contribution in [0, 0.1) is 0 Å². The van der Waals surface area contributed by atoms with Gasteiger partial charge in [-0.15, -0.1) is 0 Å². The van der Waals surface area contributed by atoms with Crippen LogP contribution in [-0.2, 0) is 0 Å². The van der Waals surface area contributed by atoms with Crippen molar-refractivity contribution in [1.82, 2.24) is 29.1 Å². The van der Waals surface area contributed by atoms with E-state index >= 15 is 0 Å². The molecule has 0 saturated heterocycles. The summed E-state index contributed by atoms with van der Waals surface area (Å²) in [5.41, 5.74) is 5.90. The molecule has 0 N–H and O–H groups in total. The van der Waals surface area contributed by atoms with E-state index in [-0.39, 0.29) is 51.4 Å². The number of aromatic nitrogens is 6. The van der Waals surface area contributed by atoms with E-state index in [0.29, 0.717) is 0 Å². The van der Waals surface area contributed by atoms with Crippen molar-refractivity contribution in [2.24, 2.45) is 0 Å². The van der Waals surface area contributed by atoms with Gasteiger partial charge >= 0.3 is 58.5 Å². The summed E-state index contributed by atoms with van der Waals surface area (Å²) < 4.78 is 5.68. The average Bonchev–Trinajstić information content (AvgIpc) is 3.68. The normalized spacial score (nSPS) is 10.6. The molecule has 0 aliphatic carbocycles. The monoisotopic (exact) mass is 480 g/mol. The van der Waals surface area contributed by atoms with Gasteiger partial charge in [0, 0.05) is 35.3 Å². The molecule has 164 valence electrons. The van der Waals surface area contributed by atoms with Gasteiger partial charge in [0.25, 0.3) is 0 Å². The smallest absolute Gasteiger partial charge is 0.268 e. The topological polar surface area (TPSA) is 53.5 Å². The third kappa shape index (κ3) is 5.03. The maximum absolute atomic E-state index is 4.89. The second-order valence-electron chi connectivity index (χ2n) is 7.99. The van der Waals surface area contributed by atoms with Gasteiger partial charge in [-0.05, 0) is 18.2 Å². The van der Waals surface area contributed by atoms with Crippen LogP contribution in [0.3, 0.4) is 0 Å². The Morgan fingerprint density at radius 2 is 0.686 bits per heavy atom. The van der Waals surface area contributed by atoms with Crippen LogP contribution in [0.2, 0.25) is 0 Å². The van der Waals surface area contributed by atoms with Crippen LogP contribution in [0.15, 0.2) is 128 Å². The summed E-state index contributed by atoms with van der Waals surface area (Å²) in [5, 5.41) is 14.7. The third-order valence-electron chi connectivity index (χ3n) is 5.74. The van der Waals surface area contributed by atoms with E-state index in [0.717, 1.165) is 33.8 Å². The van der Waals surface area contributed by atoms with Crippen LogP contribution in [0.25, 0.3) is 33.8 Å². The fraction of sp³-hybridized carbons (Fsp3) is 0. The van der Waals surface area contributed by atoms with Crippen molar-refractivity contribution in [2.45, 2.75) is 0 Å². The van der Waals surface area contributed by atoms with E-state index in [1.165, 1.54) is 0 Å². The Morgan fingerprint density at radius 3 is 0.971 bits per heavy atom. The minimum atomic E-state index is -0.396. The van der Waals surface area contributed by atoms with E-state index in [2.05, 4.69) is 36.4 Å². The molecule has 0 bridgehead atoms. The minimum absolute atomic E-state index is 0. The van der Waals surface area contributed by atoms with Crippen LogP contribution in [0.4, 0.5) is 0 Å². The quantitative estimate of drug-likeness (QED) is 0.329. The summed E-state index contributed by atoms with van der Waals surface area (Å²) in [6, 6.07) is 36.6. The zero-order chi connectivity index (χ0) is 22.7. The molecule has 0 unspecified atom stereocenters. The Balaban J connectivity index is 0.00000253. The number of hydrogen-bond acceptors (Lipinski definition) is 3. The molecule has 6 nitrogen and oxygen atoms in total. The summed E-state index contributed by atoms with van der Waals surface area (Å²) in [6.07, 6.45) is 5.92. The molecule has 3 heterocycles. The van der Waals surface area contributed by atoms with Crippen molar-refractivity contribution >= 4 is 58.5 Å². The maximum atomic E-state index is 4.89. The largest absolute Gasteiger partial charge is 0.568 e. The van der Waals surface area contributed by atoms with E-state index in [4.69, 9.17) is 15.3 Å². The van der Waals surface area contributed by atoms with Crippen molar-refractivity contribution in [1.29, 1.82) is 0 Å². The zero-order valence-electron chi connectivity index (χ0n) is 18.4. The molecular weight excluding hydrogens is 458 g/mol. The SMILES string of the molecule is [KH].c1ccc(-c2ccn(B(n3ccc(-c4ccccc4)n3)n3ccc(-c4ccccc4)n3)n2)cc1. The first-order chi connectivity index (χ1) is 16.8. The van der Waals surface area contributed by atoms with Crippen LogP contribution in [0.1, 0.15) is 0 Å². The summed E-state index contributed by atoms with van der Waals surface area (Å²) >= 11 is 0. The van der Waals surface area contributed by atoms with Gasteiger partial charge in [0.05, 0.1) is 17.1 Å². The molecule has 0 atom stereocenters. The molecule has 0 radical (unpaired) electrons. The minimum Gasteiger partial charge on any atom is -0.268 e. The van der Waals surface area contributed by atoms with Gasteiger partial charge in [-0.1, -0.05) is 91.0 Å². The van der Waals surface area contributed by atoms with Gasteiger partial charge in [-0.25, -0.2) is 0 Å². The van der Waals surface area contributed by atoms with Gasteiger partial charge in [0.2, 0.25) is 0 Å². The van der Waals surface area contributed by atoms with Crippen LogP contribution >= 0.6 is 0 Å². The van der Waals surface area contributed by atoms with E-state index in [9.17, 15) is 0 Å². The molecule has 8 heteroatoms. The summed E-state index contributed by atoms with van der Waals surface area (Å²) in [5.74, 6) is 0. The first-order valence-corrected chi connectivity index (χ1v) is 11.2. The molecule has 0 fully saturated rings. The molecule has 6 rings (SSSR count). The van der Waals surface area contributed by atoms with Gasteiger partial charge in [-0.2, -0.15) is 15.3 Å². The van der Waals surface area contributed by atoms with Gasteiger partial charge in [0.15, 0.2) is 0 Å². The van der Waals surface area contributed by atoms with Crippen LogP contribution in [0.5, 0.6) is 0 Å². The van der Waals surface area contributed by atoms with Crippen LogP contribution < -0.4 is 0 Å². The van der Waals surface area contributed by atoms with E-state index in [1.54, 1.807) is 0 Å². The van der Waals surface area contributed by atoms with Gasteiger partial charge < -0.3 is 0 Å². The van der Waals surface area contributed by atoms with E-state index in [1.807, 2.05) is 105 Å². The molecule has 3 aromatic heterocycles. The van der Waals surface area contributed by atoms with Crippen molar-refractivity contribution in [3.05, 3.63) is 128 Å². The Morgan fingerprint density at radius 1 is 0.400 bits per heavy atom. The molecule has 35 heavy (non-hydrogen) atoms. The van der Waals surface area contributed by atoms with Gasteiger partial charge in [-0.3, -0.25) is 13.8 Å². The predicted molar refractivity (Wildman–Crippen MR) is 142 cm³/mol. The summed E-state index contributed by atoms with van der Waals surface area (Å²) in [6.45, 7) is 0. The molecule has 0 aliphatic heterocycles. The predicted octanol–water partition coefficient (Wildman–Crippen LogP) is 4.56. The Labute approximate surface area is 246 Å². The molecule has 0 aliphatic rings. The third-order valence-corrected chi connectivity index (χ3v) is 5.74. The molecule has 0 saturated carbocycles. The van der Waals surface area contributed by atoms with Crippen molar-refractivity contribution in [2.75, 3.05) is 0 Å². The van der Waals surface area contributed by atoms with Crippen molar-refractivity contribution < 1.29 is 0 Å². The average molecular weight is 480 g/mol. The molecule has 0 spiro atoms. The first-order valence-electron chi connectivity index (χ1n) is 11.2. The van der Waals surface area contributed by atoms with Crippen molar-refractivity contribution in [3.63, 3.8) is 0 Å². The Bertz CT molecular complexity index is 1320. The summed E-state index contributed by atoms with van der Waals surface area (Å²) in [7, 11) is -0.396. The van der Waals surface area contributed by atoms with E-state index < -0.39 is 7.12 Å². The number of nitrogens with zero attached hydrogens (tertiary/aromatic N) is 6. The fourth-order valence-corrected chi connectivity index (χ4v) is 4.05. The summed E-state index contributed by atoms with van der Waals surface area (Å²) in [4.78, 5) is 0.